The Morgan fingerprint density at radius 2 is 2.05 bits per heavy atom. The molecular weight excluding hydrogens is 256 g/mol. The summed E-state index contributed by atoms with van der Waals surface area (Å²) in [4.78, 5) is 10.3. The molecule has 0 aromatic carbocycles. The summed E-state index contributed by atoms with van der Waals surface area (Å²) < 4.78 is 0. The first-order valence-corrected chi connectivity index (χ1v) is 7.15. The normalized spacial score (nSPS) is 12.7. The summed E-state index contributed by atoms with van der Waals surface area (Å²) >= 11 is 1.73. The summed E-state index contributed by atoms with van der Waals surface area (Å²) in [7, 11) is 0. The molecule has 0 fully saturated rings. The van der Waals surface area contributed by atoms with E-state index in [0.717, 1.165) is 33.9 Å². The van der Waals surface area contributed by atoms with Crippen molar-refractivity contribution < 1.29 is 0 Å². The van der Waals surface area contributed by atoms with E-state index in [9.17, 15) is 0 Å². The van der Waals surface area contributed by atoms with E-state index in [4.69, 9.17) is 5.84 Å². The van der Waals surface area contributed by atoms with E-state index in [-0.39, 0.29) is 6.04 Å². The zero-order valence-corrected chi connectivity index (χ0v) is 12.6. The van der Waals surface area contributed by atoms with E-state index in [1.54, 1.807) is 11.3 Å². The zero-order chi connectivity index (χ0) is 14.0. The van der Waals surface area contributed by atoms with Crippen molar-refractivity contribution >= 4 is 11.3 Å². The Kier molecular flexibility index (Phi) is 4.29. The van der Waals surface area contributed by atoms with Gasteiger partial charge in [0.15, 0.2) is 0 Å². The van der Waals surface area contributed by atoms with Gasteiger partial charge in [0.1, 0.15) is 0 Å². The summed E-state index contributed by atoms with van der Waals surface area (Å²) in [5.74, 6) is 5.69. The van der Waals surface area contributed by atoms with Gasteiger partial charge in [-0.3, -0.25) is 16.3 Å². The third-order valence-corrected chi connectivity index (χ3v) is 4.33. The molecule has 0 aliphatic carbocycles. The molecule has 102 valence electrons. The van der Waals surface area contributed by atoms with Crippen LogP contribution in [0.3, 0.4) is 0 Å². The third kappa shape index (κ3) is 3.18. The molecule has 1 atom stereocenters. The van der Waals surface area contributed by atoms with E-state index >= 15 is 0 Å². The van der Waals surface area contributed by atoms with Crippen molar-refractivity contribution in [3.63, 3.8) is 0 Å². The molecule has 19 heavy (non-hydrogen) atoms. The zero-order valence-electron chi connectivity index (χ0n) is 11.8. The number of rotatable bonds is 4. The first-order valence-electron chi connectivity index (χ1n) is 6.33. The quantitative estimate of drug-likeness (QED) is 0.665. The van der Waals surface area contributed by atoms with Gasteiger partial charge in [-0.2, -0.15) is 0 Å². The summed E-state index contributed by atoms with van der Waals surface area (Å²) in [6.45, 7) is 8.24. The smallest absolute Gasteiger partial charge is 0.0950 e. The Labute approximate surface area is 118 Å². The van der Waals surface area contributed by atoms with Crippen molar-refractivity contribution in [2.45, 2.75) is 40.2 Å². The number of nitrogens with zero attached hydrogens (tertiary/aromatic N) is 2. The van der Waals surface area contributed by atoms with E-state index in [1.807, 2.05) is 20.0 Å². The third-order valence-electron chi connectivity index (χ3n) is 3.24. The van der Waals surface area contributed by atoms with E-state index in [1.165, 1.54) is 4.88 Å². The first kappa shape index (κ1) is 14.1. The van der Waals surface area contributed by atoms with Crippen molar-refractivity contribution in [2.75, 3.05) is 0 Å². The Hall–Kier alpha value is -1.30. The first-order chi connectivity index (χ1) is 9.01. The minimum absolute atomic E-state index is 0.00514. The van der Waals surface area contributed by atoms with Crippen LogP contribution in [-0.2, 0) is 6.42 Å². The van der Waals surface area contributed by atoms with Crippen molar-refractivity contribution in [1.82, 2.24) is 15.4 Å². The van der Waals surface area contributed by atoms with Gasteiger partial charge in [0, 0.05) is 17.5 Å². The monoisotopic (exact) mass is 276 g/mol. The fourth-order valence-corrected chi connectivity index (χ4v) is 3.11. The highest BCUT2D eigenvalue weighted by atomic mass is 32.1. The Balaban J connectivity index is 2.24. The summed E-state index contributed by atoms with van der Waals surface area (Å²) in [6.07, 6.45) is 2.65. The molecule has 4 nitrogen and oxygen atoms in total. The van der Waals surface area contributed by atoms with Gasteiger partial charge in [-0.15, -0.1) is 11.3 Å². The van der Waals surface area contributed by atoms with E-state index in [2.05, 4.69) is 35.3 Å². The van der Waals surface area contributed by atoms with Gasteiger partial charge in [0.25, 0.3) is 0 Å². The second-order valence-corrected chi connectivity index (χ2v) is 6.18. The number of hydrogen-bond acceptors (Lipinski definition) is 5. The molecule has 0 spiro atoms. The van der Waals surface area contributed by atoms with Crippen LogP contribution in [0.25, 0.3) is 0 Å². The fourth-order valence-electron chi connectivity index (χ4n) is 2.13. The molecule has 1 unspecified atom stereocenters. The van der Waals surface area contributed by atoms with Crippen LogP contribution in [0.2, 0.25) is 0 Å². The predicted octanol–water partition coefficient (Wildman–Crippen LogP) is 2.52. The number of nitrogens with one attached hydrogen (secondary N) is 1. The molecule has 2 rings (SSSR count). The summed E-state index contributed by atoms with van der Waals surface area (Å²) in [5, 5.41) is 1.10. The molecule has 5 heteroatoms. The van der Waals surface area contributed by atoms with Gasteiger partial charge in [-0.1, -0.05) is 6.07 Å². The SMILES string of the molecule is Cc1cnc(C(Cc2nc(C)c(C)s2)NN)c(C)c1. The number of hydrogen-bond donors (Lipinski definition) is 2. The molecule has 0 bridgehead atoms. The number of hydrazine groups is 1. The number of pyridine rings is 1. The molecule has 0 saturated heterocycles. The molecule has 2 aromatic heterocycles. The van der Waals surface area contributed by atoms with Crippen LogP contribution in [0.1, 0.15) is 38.4 Å². The molecule has 0 amide bonds. The van der Waals surface area contributed by atoms with Crippen LogP contribution in [0.15, 0.2) is 12.3 Å². The lowest BCUT2D eigenvalue weighted by molar-refractivity contribution is 0.534. The maximum Gasteiger partial charge on any atom is 0.0950 e. The van der Waals surface area contributed by atoms with Crippen LogP contribution in [0.5, 0.6) is 0 Å². The number of nitrogens with two attached hydrogens (primary N) is 1. The Bertz CT molecular complexity index is 557. The van der Waals surface area contributed by atoms with Crippen LogP contribution in [0, 0.1) is 27.7 Å². The minimum atomic E-state index is 0.00514. The Morgan fingerprint density at radius 3 is 2.58 bits per heavy atom. The van der Waals surface area contributed by atoms with Gasteiger partial charge >= 0.3 is 0 Å². The average molecular weight is 276 g/mol. The molecule has 2 aromatic rings. The van der Waals surface area contributed by atoms with Crippen LogP contribution in [0.4, 0.5) is 0 Å². The lowest BCUT2D eigenvalue weighted by atomic mass is 10.0. The van der Waals surface area contributed by atoms with Crippen LogP contribution >= 0.6 is 11.3 Å². The standard InChI is InChI=1S/C14H20N4S/c1-8-5-9(2)14(16-7-8)12(18-15)6-13-17-10(3)11(4)19-13/h5,7,12,18H,6,15H2,1-4H3. The van der Waals surface area contributed by atoms with Crippen LogP contribution in [-0.4, -0.2) is 9.97 Å². The maximum atomic E-state index is 5.69. The highest BCUT2D eigenvalue weighted by molar-refractivity contribution is 7.11. The van der Waals surface area contributed by atoms with Crippen molar-refractivity contribution in [1.29, 1.82) is 0 Å². The Morgan fingerprint density at radius 1 is 1.32 bits per heavy atom. The lowest BCUT2D eigenvalue weighted by Crippen LogP contribution is -2.30. The molecule has 0 aliphatic rings. The number of aryl methyl sites for hydroxylation is 4. The fraction of sp³-hybridized carbons (Fsp3) is 0.429. The number of aromatic nitrogens is 2. The summed E-state index contributed by atoms with van der Waals surface area (Å²) in [5.41, 5.74) is 7.28. The second kappa shape index (κ2) is 5.77. The second-order valence-electron chi connectivity index (χ2n) is 4.89. The lowest BCUT2D eigenvalue weighted by Gasteiger charge is -2.16. The van der Waals surface area contributed by atoms with Crippen molar-refractivity contribution in [2.24, 2.45) is 5.84 Å². The van der Waals surface area contributed by atoms with Gasteiger partial charge < -0.3 is 0 Å². The maximum absolute atomic E-state index is 5.69. The molecule has 0 radical (unpaired) electrons. The van der Waals surface area contributed by atoms with Crippen LogP contribution < -0.4 is 11.3 Å². The predicted molar refractivity (Wildman–Crippen MR) is 79.1 cm³/mol. The molecular formula is C14H20N4S. The van der Waals surface area contributed by atoms with Gasteiger partial charge in [-0.25, -0.2) is 4.98 Å². The summed E-state index contributed by atoms with van der Waals surface area (Å²) in [6, 6.07) is 2.14. The van der Waals surface area contributed by atoms with Crippen molar-refractivity contribution in [3.8, 4) is 0 Å². The molecule has 2 heterocycles. The van der Waals surface area contributed by atoms with Gasteiger partial charge in [-0.05, 0) is 38.8 Å². The van der Waals surface area contributed by atoms with E-state index < -0.39 is 0 Å². The van der Waals surface area contributed by atoms with Crippen molar-refractivity contribution in [3.05, 3.63) is 44.7 Å². The average Bonchev–Trinajstić information content (AvgIpc) is 2.66. The largest absolute Gasteiger partial charge is 0.271 e. The van der Waals surface area contributed by atoms with E-state index in [0.29, 0.717) is 0 Å². The molecule has 0 saturated carbocycles. The number of thiazole rings is 1. The van der Waals surface area contributed by atoms with Gasteiger partial charge in [0.2, 0.25) is 0 Å². The van der Waals surface area contributed by atoms with Gasteiger partial charge in [0.05, 0.1) is 22.4 Å². The highest BCUT2D eigenvalue weighted by Crippen LogP contribution is 2.24. The minimum Gasteiger partial charge on any atom is -0.271 e. The molecule has 3 N–H and O–H groups in total. The topological polar surface area (TPSA) is 63.8 Å². The highest BCUT2D eigenvalue weighted by Gasteiger charge is 2.17. The molecule has 0 aliphatic heterocycles.